The summed E-state index contributed by atoms with van der Waals surface area (Å²) in [6.07, 6.45) is 6.06. The molecule has 1 heterocycles. The van der Waals surface area contributed by atoms with Crippen LogP contribution in [-0.2, 0) is 9.53 Å². The van der Waals surface area contributed by atoms with Gasteiger partial charge in [-0.05, 0) is 68.7 Å². The van der Waals surface area contributed by atoms with Crippen LogP contribution in [0.25, 0.3) is 0 Å². The van der Waals surface area contributed by atoms with Crippen LogP contribution in [0.5, 0.6) is 11.5 Å². The van der Waals surface area contributed by atoms with Crippen LogP contribution >= 0.6 is 31.9 Å². The molecule has 4 N–H and O–H groups in total. The number of hydrogen-bond donors (Lipinski definition) is 4. The molecule has 7 nitrogen and oxygen atoms in total. The molecular weight excluding hydrogens is 508 g/mol. The number of halogens is 2. The lowest BCUT2D eigenvalue weighted by molar-refractivity contribution is -0.141. The van der Waals surface area contributed by atoms with Crippen LogP contribution in [0.4, 0.5) is 4.79 Å². The van der Waals surface area contributed by atoms with Crippen molar-refractivity contribution < 1.29 is 24.5 Å². The number of phenols is 2. The number of urea groups is 1. The van der Waals surface area contributed by atoms with Crippen LogP contribution < -0.4 is 10.6 Å². The van der Waals surface area contributed by atoms with Gasteiger partial charge in [0.15, 0.2) is 11.5 Å². The molecule has 0 saturated heterocycles. The van der Waals surface area contributed by atoms with Crippen molar-refractivity contribution in [3.63, 3.8) is 0 Å². The second kappa shape index (κ2) is 9.38. The van der Waals surface area contributed by atoms with Crippen LogP contribution in [0.1, 0.15) is 57.1 Å². The number of aromatic hydroxyl groups is 2. The van der Waals surface area contributed by atoms with E-state index >= 15 is 0 Å². The molecule has 1 aromatic rings. The van der Waals surface area contributed by atoms with Gasteiger partial charge < -0.3 is 25.6 Å². The van der Waals surface area contributed by atoms with Gasteiger partial charge in [-0.2, -0.15) is 0 Å². The van der Waals surface area contributed by atoms with Gasteiger partial charge in [-0.15, -0.1) is 0 Å². The van der Waals surface area contributed by atoms with E-state index in [4.69, 9.17) is 4.74 Å². The van der Waals surface area contributed by atoms with Crippen LogP contribution in [-0.4, -0.2) is 28.8 Å². The van der Waals surface area contributed by atoms with Gasteiger partial charge in [-0.1, -0.05) is 26.2 Å². The lowest BCUT2D eigenvalue weighted by Crippen LogP contribution is -2.46. The fourth-order valence-electron chi connectivity index (χ4n) is 3.83. The zero-order valence-corrected chi connectivity index (χ0v) is 19.2. The molecule has 29 heavy (non-hydrogen) atoms. The van der Waals surface area contributed by atoms with Crippen molar-refractivity contribution >= 4 is 43.9 Å². The van der Waals surface area contributed by atoms with Crippen molar-refractivity contribution in [2.45, 2.75) is 51.5 Å². The minimum Gasteiger partial charge on any atom is -0.504 e. The minimum absolute atomic E-state index is 0.230. The summed E-state index contributed by atoms with van der Waals surface area (Å²) in [6, 6.07) is 0.0308. The molecule has 1 atom stereocenters. The molecule has 9 heteroatoms. The maximum atomic E-state index is 13.0. The van der Waals surface area contributed by atoms with Gasteiger partial charge >= 0.3 is 12.0 Å². The Hall–Kier alpha value is -1.74. The molecule has 0 spiro atoms. The van der Waals surface area contributed by atoms with Crippen molar-refractivity contribution in [2.24, 2.45) is 5.92 Å². The lowest BCUT2D eigenvalue weighted by atomic mass is 9.90. The van der Waals surface area contributed by atoms with Crippen molar-refractivity contribution in [1.29, 1.82) is 0 Å². The number of ether oxygens (including phenoxy) is 1. The summed E-state index contributed by atoms with van der Waals surface area (Å²) in [6.45, 7) is 2.19. The fourth-order valence-corrected chi connectivity index (χ4v) is 4.79. The monoisotopic (exact) mass is 530 g/mol. The first-order valence-corrected chi connectivity index (χ1v) is 11.3. The number of carbonyl (C=O) groups is 2. The molecule has 1 unspecified atom stereocenters. The summed E-state index contributed by atoms with van der Waals surface area (Å²) in [5.74, 6) is -0.833. The highest BCUT2D eigenvalue weighted by Crippen LogP contribution is 2.45. The topological polar surface area (TPSA) is 108 Å². The summed E-state index contributed by atoms with van der Waals surface area (Å²) in [4.78, 5) is 25.2. The van der Waals surface area contributed by atoms with Crippen LogP contribution in [0.2, 0.25) is 0 Å². The molecule has 0 bridgehead atoms. The maximum absolute atomic E-state index is 13.0. The molecule has 0 radical (unpaired) electrons. The number of esters is 1. The highest BCUT2D eigenvalue weighted by molar-refractivity contribution is 9.13. The van der Waals surface area contributed by atoms with Gasteiger partial charge in [0.1, 0.15) is 0 Å². The Balaban J connectivity index is 1.94. The SMILES string of the molecule is CCC1=C(C(=O)OCC2CCCCC2)C(c2cc(O)c(O)c(Br)c2Br)NC(=O)N1. The number of carbonyl (C=O) groups excluding carboxylic acids is 2. The second-order valence-electron chi connectivity index (χ2n) is 7.34. The Kier molecular flexibility index (Phi) is 7.10. The van der Waals surface area contributed by atoms with E-state index in [1.165, 1.54) is 12.5 Å². The lowest BCUT2D eigenvalue weighted by Gasteiger charge is -2.30. The summed E-state index contributed by atoms with van der Waals surface area (Å²) >= 11 is 6.59. The molecule has 1 aliphatic heterocycles. The standard InChI is InChI=1S/C20H24Br2N2O5/c1-2-12-14(19(27)29-9-10-6-4-3-5-7-10)17(24-20(28)23-12)11-8-13(25)18(26)16(22)15(11)21/h8,10,17,25-26H,2-7,9H2,1H3,(H2,23,24,28). The number of allylic oxidation sites excluding steroid dienone is 1. The molecule has 158 valence electrons. The van der Waals surface area contributed by atoms with Crippen LogP contribution in [0, 0.1) is 5.92 Å². The Morgan fingerprint density at radius 2 is 1.90 bits per heavy atom. The average molecular weight is 532 g/mol. The van der Waals surface area contributed by atoms with Crippen LogP contribution in [0.15, 0.2) is 26.3 Å². The number of nitrogens with one attached hydrogen (secondary N) is 2. The number of benzene rings is 1. The van der Waals surface area contributed by atoms with E-state index in [2.05, 4.69) is 42.5 Å². The summed E-state index contributed by atoms with van der Waals surface area (Å²) < 4.78 is 6.29. The smallest absolute Gasteiger partial charge is 0.338 e. The summed E-state index contributed by atoms with van der Waals surface area (Å²) in [7, 11) is 0. The van der Waals surface area contributed by atoms with E-state index in [1.54, 1.807) is 0 Å². The molecule has 3 rings (SSSR count). The van der Waals surface area contributed by atoms with Gasteiger partial charge in [-0.25, -0.2) is 9.59 Å². The normalized spacial score (nSPS) is 20.2. The molecule has 2 amide bonds. The van der Waals surface area contributed by atoms with Crippen molar-refractivity contribution in [1.82, 2.24) is 10.6 Å². The quantitative estimate of drug-likeness (QED) is 0.323. The third-order valence-electron chi connectivity index (χ3n) is 5.40. The minimum atomic E-state index is -0.838. The number of phenolic OH excluding ortho intramolecular Hbond substituents is 2. The molecule has 1 aliphatic carbocycles. The highest BCUT2D eigenvalue weighted by atomic mass is 79.9. The Morgan fingerprint density at radius 3 is 2.55 bits per heavy atom. The van der Waals surface area contributed by atoms with E-state index in [0.29, 0.717) is 40.3 Å². The number of hydrogen-bond acceptors (Lipinski definition) is 5. The first-order valence-electron chi connectivity index (χ1n) is 9.71. The number of rotatable bonds is 5. The molecule has 1 saturated carbocycles. The summed E-state index contributed by atoms with van der Waals surface area (Å²) in [5, 5.41) is 25.4. The molecular formula is C20H24Br2N2O5. The van der Waals surface area contributed by atoms with E-state index in [1.807, 2.05) is 6.92 Å². The summed E-state index contributed by atoms with van der Waals surface area (Å²) in [5.41, 5.74) is 1.20. The Labute approximate surface area is 186 Å². The fraction of sp³-hybridized carbons (Fsp3) is 0.500. The third kappa shape index (κ3) is 4.71. The molecule has 1 aromatic carbocycles. The third-order valence-corrected chi connectivity index (χ3v) is 7.56. The zero-order chi connectivity index (χ0) is 21.1. The van der Waals surface area contributed by atoms with Crippen molar-refractivity contribution in [2.75, 3.05) is 6.61 Å². The van der Waals surface area contributed by atoms with E-state index in [-0.39, 0.29) is 16.0 Å². The first-order chi connectivity index (χ1) is 13.8. The van der Waals surface area contributed by atoms with Gasteiger partial charge in [0.05, 0.1) is 22.7 Å². The van der Waals surface area contributed by atoms with Crippen LogP contribution in [0.3, 0.4) is 0 Å². The van der Waals surface area contributed by atoms with Gasteiger partial charge in [-0.3, -0.25) is 0 Å². The van der Waals surface area contributed by atoms with Gasteiger partial charge in [0, 0.05) is 10.2 Å². The molecule has 2 aliphatic rings. The predicted octanol–water partition coefficient (Wildman–Crippen LogP) is 4.76. The van der Waals surface area contributed by atoms with Crippen molar-refractivity contribution in [3.05, 3.63) is 31.8 Å². The predicted molar refractivity (Wildman–Crippen MR) is 114 cm³/mol. The Bertz CT molecular complexity index is 850. The molecule has 0 aromatic heterocycles. The largest absolute Gasteiger partial charge is 0.504 e. The average Bonchev–Trinajstić information content (AvgIpc) is 2.73. The molecule has 1 fully saturated rings. The Morgan fingerprint density at radius 1 is 1.21 bits per heavy atom. The van der Waals surface area contributed by atoms with Gasteiger partial charge in [0.2, 0.25) is 0 Å². The highest BCUT2D eigenvalue weighted by Gasteiger charge is 2.35. The van der Waals surface area contributed by atoms with E-state index < -0.39 is 18.0 Å². The van der Waals surface area contributed by atoms with E-state index in [9.17, 15) is 19.8 Å². The van der Waals surface area contributed by atoms with Gasteiger partial charge in [0.25, 0.3) is 0 Å². The maximum Gasteiger partial charge on any atom is 0.338 e. The van der Waals surface area contributed by atoms with Crippen molar-refractivity contribution in [3.8, 4) is 11.5 Å². The zero-order valence-electron chi connectivity index (χ0n) is 16.1. The van der Waals surface area contributed by atoms with E-state index in [0.717, 1.165) is 25.7 Å². The second-order valence-corrected chi connectivity index (χ2v) is 8.93. The number of amides is 2. The first kappa shape index (κ1) is 22.0.